The average molecular weight is 377 g/mol. The van der Waals surface area contributed by atoms with E-state index >= 15 is 0 Å². The summed E-state index contributed by atoms with van der Waals surface area (Å²) in [4.78, 5) is 0. The lowest BCUT2D eigenvalue weighted by Gasteiger charge is -2.17. The SMILES string of the molecule is CCCCC(C)n1c2ccccc2c2cccc(I)c21. The van der Waals surface area contributed by atoms with Gasteiger partial charge in [0.2, 0.25) is 0 Å². The van der Waals surface area contributed by atoms with Crippen molar-refractivity contribution in [3.63, 3.8) is 0 Å². The number of rotatable bonds is 4. The molecule has 2 heteroatoms. The first-order valence-electron chi connectivity index (χ1n) is 7.41. The van der Waals surface area contributed by atoms with Crippen LogP contribution in [0.25, 0.3) is 21.8 Å². The van der Waals surface area contributed by atoms with Gasteiger partial charge in [0.15, 0.2) is 0 Å². The Balaban J connectivity index is 2.31. The zero-order chi connectivity index (χ0) is 14.1. The molecule has 20 heavy (non-hydrogen) atoms. The summed E-state index contributed by atoms with van der Waals surface area (Å²) in [6.07, 6.45) is 3.80. The van der Waals surface area contributed by atoms with Crippen LogP contribution in [0.5, 0.6) is 0 Å². The lowest BCUT2D eigenvalue weighted by atomic mass is 10.1. The van der Waals surface area contributed by atoms with E-state index in [1.165, 1.54) is 44.6 Å². The predicted molar refractivity (Wildman–Crippen MR) is 96.4 cm³/mol. The summed E-state index contributed by atoms with van der Waals surface area (Å²) >= 11 is 2.47. The molecule has 3 aromatic rings. The smallest absolute Gasteiger partial charge is 0.0629 e. The number of hydrogen-bond donors (Lipinski definition) is 0. The van der Waals surface area contributed by atoms with E-state index < -0.39 is 0 Å². The molecule has 0 spiro atoms. The van der Waals surface area contributed by atoms with Gasteiger partial charge in [-0.1, -0.05) is 50.1 Å². The zero-order valence-corrected chi connectivity index (χ0v) is 14.2. The van der Waals surface area contributed by atoms with Crippen molar-refractivity contribution in [2.75, 3.05) is 0 Å². The highest BCUT2D eigenvalue weighted by Gasteiger charge is 2.16. The molecule has 0 aliphatic heterocycles. The molecule has 0 saturated carbocycles. The summed E-state index contributed by atoms with van der Waals surface area (Å²) < 4.78 is 3.89. The Labute approximate surface area is 134 Å². The monoisotopic (exact) mass is 377 g/mol. The third-order valence-electron chi connectivity index (χ3n) is 4.10. The number of para-hydroxylation sites is 2. The third kappa shape index (κ3) is 2.24. The third-order valence-corrected chi connectivity index (χ3v) is 4.97. The zero-order valence-electron chi connectivity index (χ0n) is 12.1. The summed E-state index contributed by atoms with van der Waals surface area (Å²) in [5.74, 6) is 0. The van der Waals surface area contributed by atoms with Crippen LogP contribution in [-0.2, 0) is 0 Å². The van der Waals surface area contributed by atoms with Gasteiger partial charge in [0.1, 0.15) is 0 Å². The second-order valence-electron chi connectivity index (χ2n) is 5.51. The highest BCUT2D eigenvalue weighted by molar-refractivity contribution is 14.1. The van der Waals surface area contributed by atoms with Crippen molar-refractivity contribution in [2.24, 2.45) is 0 Å². The number of aromatic nitrogens is 1. The fourth-order valence-corrected chi connectivity index (χ4v) is 3.85. The molecule has 1 unspecified atom stereocenters. The molecule has 3 rings (SSSR count). The van der Waals surface area contributed by atoms with Crippen LogP contribution in [0.1, 0.15) is 39.2 Å². The summed E-state index contributed by atoms with van der Waals surface area (Å²) in [6.45, 7) is 4.62. The van der Waals surface area contributed by atoms with Crippen LogP contribution < -0.4 is 0 Å². The molecule has 104 valence electrons. The second-order valence-corrected chi connectivity index (χ2v) is 6.68. The minimum Gasteiger partial charge on any atom is -0.337 e. The van der Waals surface area contributed by atoms with Crippen LogP contribution in [0.15, 0.2) is 42.5 Å². The van der Waals surface area contributed by atoms with Gasteiger partial charge in [-0.15, -0.1) is 0 Å². The van der Waals surface area contributed by atoms with E-state index in [4.69, 9.17) is 0 Å². The van der Waals surface area contributed by atoms with Gasteiger partial charge < -0.3 is 4.57 Å². The molecule has 0 N–H and O–H groups in total. The first kappa shape index (κ1) is 13.9. The molecule has 1 atom stereocenters. The van der Waals surface area contributed by atoms with Gasteiger partial charge in [0.05, 0.1) is 5.52 Å². The maximum absolute atomic E-state index is 2.54. The van der Waals surface area contributed by atoms with Gasteiger partial charge in [0, 0.05) is 25.9 Å². The summed E-state index contributed by atoms with van der Waals surface area (Å²) in [5.41, 5.74) is 2.77. The van der Waals surface area contributed by atoms with E-state index in [0.717, 1.165) is 0 Å². The van der Waals surface area contributed by atoms with Crippen LogP contribution in [-0.4, -0.2) is 4.57 Å². The molecule has 0 aliphatic rings. The highest BCUT2D eigenvalue weighted by atomic mass is 127. The molecule has 0 bridgehead atoms. The van der Waals surface area contributed by atoms with Crippen molar-refractivity contribution < 1.29 is 0 Å². The molecule has 1 heterocycles. The number of nitrogens with zero attached hydrogens (tertiary/aromatic N) is 1. The van der Waals surface area contributed by atoms with Gasteiger partial charge in [0.25, 0.3) is 0 Å². The topological polar surface area (TPSA) is 4.93 Å². The summed E-state index contributed by atoms with van der Waals surface area (Å²) in [5, 5.41) is 2.76. The molecule has 0 amide bonds. The molecule has 0 aliphatic carbocycles. The van der Waals surface area contributed by atoms with Crippen LogP contribution in [0.3, 0.4) is 0 Å². The molecular formula is C18H20IN. The first-order chi connectivity index (χ1) is 9.74. The van der Waals surface area contributed by atoms with Gasteiger partial charge >= 0.3 is 0 Å². The number of unbranched alkanes of at least 4 members (excludes halogenated alkanes) is 1. The number of halogens is 1. The Bertz CT molecular complexity index is 742. The molecule has 0 fully saturated rings. The Morgan fingerprint density at radius 2 is 1.80 bits per heavy atom. The number of fused-ring (bicyclic) bond motifs is 3. The van der Waals surface area contributed by atoms with Crippen molar-refractivity contribution in [1.29, 1.82) is 0 Å². The predicted octanol–water partition coefficient (Wildman–Crippen LogP) is 6.15. The Morgan fingerprint density at radius 3 is 2.60 bits per heavy atom. The lowest BCUT2D eigenvalue weighted by molar-refractivity contribution is 0.509. The van der Waals surface area contributed by atoms with Crippen LogP contribution in [0.2, 0.25) is 0 Å². The summed E-state index contributed by atoms with van der Waals surface area (Å²) in [6, 6.07) is 16.0. The maximum Gasteiger partial charge on any atom is 0.0629 e. The normalized spacial score (nSPS) is 13.2. The van der Waals surface area contributed by atoms with Crippen molar-refractivity contribution in [1.82, 2.24) is 4.57 Å². The highest BCUT2D eigenvalue weighted by Crippen LogP contribution is 2.35. The van der Waals surface area contributed by atoms with Crippen molar-refractivity contribution in [2.45, 2.75) is 39.2 Å². The van der Waals surface area contributed by atoms with E-state index in [1.807, 2.05) is 0 Å². The molecule has 0 radical (unpaired) electrons. The largest absolute Gasteiger partial charge is 0.337 e. The number of benzene rings is 2. The van der Waals surface area contributed by atoms with Gasteiger partial charge in [-0.3, -0.25) is 0 Å². The molecule has 1 nitrogen and oxygen atoms in total. The van der Waals surface area contributed by atoms with Crippen molar-refractivity contribution in [3.8, 4) is 0 Å². The fourth-order valence-electron chi connectivity index (χ4n) is 3.10. The van der Waals surface area contributed by atoms with E-state index in [2.05, 4.69) is 83.5 Å². The summed E-state index contributed by atoms with van der Waals surface area (Å²) in [7, 11) is 0. The van der Waals surface area contributed by atoms with E-state index in [9.17, 15) is 0 Å². The minimum atomic E-state index is 0.549. The first-order valence-corrected chi connectivity index (χ1v) is 8.49. The molecular weight excluding hydrogens is 357 g/mol. The van der Waals surface area contributed by atoms with Crippen molar-refractivity contribution in [3.05, 3.63) is 46.0 Å². The van der Waals surface area contributed by atoms with Gasteiger partial charge in [-0.2, -0.15) is 0 Å². The molecule has 1 aromatic heterocycles. The van der Waals surface area contributed by atoms with Gasteiger partial charge in [-0.05, 0) is 48.1 Å². The van der Waals surface area contributed by atoms with E-state index in [1.54, 1.807) is 0 Å². The standard InChI is InChI=1S/C18H20IN/c1-3-4-8-13(2)20-17-12-6-5-9-14(17)15-10-7-11-16(19)18(15)20/h5-7,9-13H,3-4,8H2,1-2H3. The van der Waals surface area contributed by atoms with E-state index in [-0.39, 0.29) is 0 Å². The van der Waals surface area contributed by atoms with E-state index in [0.29, 0.717) is 6.04 Å². The minimum absolute atomic E-state index is 0.549. The fraction of sp³-hybridized carbons (Fsp3) is 0.333. The number of hydrogen-bond acceptors (Lipinski definition) is 0. The van der Waals surface area contributed by atoms with Crippen molar-refractivity contribution >= 4 is 44.4 Å². The second kappa shape index (κ2) is 5.76. The van der Waals surface area contributed by atoms with Crippen LogP contribution >= 0.6 is 22.6 Å². The maximum atomic E-state index is 2.54. The lowest BCUT2D eigenvalue weighted by Crippen LogP contribution is -2.05. The Hall–Kier alpha value is -1.03. The Kier molecular flexibility index (Phi) is 4.01. The Morgan fingerprint density at radius 1 is 1.05 bits per heavy atom. The average Bonchev–Trinajstić information content (AvgIpc) is 2.81. The van der Waals surface area contributed by atoms with Gasteiger partial charge in [-0.25, -0.2) is 0 Å². The van der Waals surface area contributed by atoms with Crippen LogP contribution in [0.4, 0.5) is 0 Å². The molecule has 2 aromatic carbocycles. The molecule has 0 saturated heterocycles. The van der Waals surface area contributed by atoms with Crippen LogP contribution in [0, 0.1) is 3.57 Å². The quantitative estimate of drug-likeness (QED) is 0.481.